The Labute approximate surface area is 92.7 Å². The molecule has 0 fully saturated rings. The van der Waals surface area contributed by atoms with Gasteiger partial charge in [-0.05, 0) is 5.56 Å². The molecule has 0 aliphatic carbocycles. The molecule has 1 amide bonds. The van der Waals surface area contributed by atoms with Crippen molar-refractivity contribution in [3.8, 4) is 0 Å². The first kappa shape index (κ1) is 12.2. The van der Waals surface area contributed by atoms with E-state index >= 15 is 0 Å². The first-order valence-corrected chi connectivity index (χ1v) is 4.75. The van der Waals surface area contributed by atoms with Crippen LogP contribution in [0.2, 0.25) is 0 Å². The van der Waals surface area contributed by atoms with Crippen LogP contribution in [0.15, 0.2) is 30.3 Å². The number of carbonyl (C=O) groups excluding carboxylic acids is 1. The predicted octanol–water partition coefficient (Wildman–Crippen LogP) is 0.309. The highest BCUT2D eigenvalue weighted by Crippen LogP contribution is 2.16. The lowest BCUT2D eigenvalue weighted by Crippen LogP contribution is -2.44. The maximum absolute atomic E-state index is 10.9. The topological polar surface area (TPSA) is 86.6 Å². The molecule has 0 bridgehead atoms. The van der Waals surface area contributed by atoms with E-state index in [9.17, 15) is 14.7 Å². The van der Waals surface area contributed by atoms with Gasteiger partial charge in [0.1, 0.15) is 6.10 Å². The van der Waals surface area contributed by atoms with Crippen molar-refractivity contribution in [2.75, 3.05) is 0 Å². The molecule has 1 aromatic carbocycles. The van der Waals surface area contributed by atoms with Crippen molar-refractivity contribution >= 4 is 11.9 Å². The molecular formula is C11H13NO4. The van der Waals surface area contributed by atoms with Crippen LogP contribution in [0.5, 0.6) is 0 Å². The number of hydrogen-bond donors (Lipinski definition) is 3. The molecular weight excluding hydrogens is 210 g/mol. The second kappa shape index (κ2) is 5.27. The average Bonchev–Trinajstić information content (AvgIpc) is 2.25. The zero-order valence-corrected chi connectivity index (χ0v) is 8.75. The minimum Gasteiger partial charge on any atom is -0.480 e. The van der Waals surface area contributed by atoms with Gasteiger partial charge in [0.25, 0.3) is 0 Å². The molecule has 0 saturated carbocycles. The van der Waals surface area contributed by atoms with Gasteiger partial charge in [-0.3, -0.25) is 4.79 Å². The first-order chi connectivity index (χ1) is 7.52. The van der Waals surface area contributed by atoms with Crippen molar-refractivity contribution in [1.82, 2.24) is 5.32 Å². The van der Waals surface area contributed by atoms with Crippen molar-refractivity contribution in [2.24, 2.45) is 0 Å². The highest BCUT2D eigenvalue weighted by molar-refractivity contribution is 5.82. The Bertz CT molecular complexity index is 377. The van der Waals surface area contributed by atoms with Gasteiger partial charge in [0.2, 0.25) is 5.91 Å². The van der Waals surface area contributed by atoms with Gasteiger partial charge in [0.05, 0.1) is 0 Å². The maximum Gasteiger partial charge on any atom is 0.329 e. The van der Waals surface area contributed by atoms with Gasteiger partial charge in [-0.2, -0.15) is 0 Å². The molecule has 2 unspecified atom stereocenters. The highest BCUT2D eigenvalue weighted by Gasteiger charge is 2.28. The van der Waals surface area contributed by atoms with E-state index in [2.05, 4.69) is 5.32 Å². The summed E-state index contributed by atoms with van der Waals surface area (Å²) in [6, 6.07) is 6.99. The standard InChI is InChI=1S/C11H13NO4/c1-7(13)12-9(11(15)16)10(14)8-5-3-2-4-6-8/h2-6,9-10,14H,1H3,(H,12,13)(H,15,16). The number of rotatable bonds is 4. The molecule has 0 heterocycles. The van der Waals surface area contributed by atoms with Crippen LogP contribution in [-0.2, 0) is 9.59 Å². The summed E-state index contributed by atoms with van der Waals surface area (Å²) in [6.07, 6.45) is -1.26. The lowest BCUT2D eigenvalue weighted by Gasteiger charge is -2.19. The third-order valence-corrected chi connectivity index (χ3v) is 2.08. The summed E-state index contributed by atoms with van der Waals surface area (Å²) in [6.45, 7) is 1.20. The Morgan fingerprint density at radius 2 is 1.81 bits per heavy atom. The van der Waals surface area contributed by atoms with Gasteiger partial charge >= 0.3 is 5.97 Å². The molecule has 5 heteroatoms. The van der Waals surface area contributed by atoms with Gasteiger partial charge < -0.3 is 15.5 Å². The number of aliphatic carboxylic acids is 1. The van der Waals surface area contributed by atoms with Crippen LogP contribution >= 0.6 is 0 Å². The van der Waals surface area contributed by atoms with Crippen molar-refractivity contribution in [3.63, 3.8) is 0 Å². The molecule has 5 nitrogen and oxygen atoms in total. The van der Waals surface area contributed by atoms with Gasteiger partial charge in [-0.25, -0.2) is 4.79 Å². The number of aliphatic hydroxyl groups is 1. The van der Waals surface area contributed by atoms with Crippen molar-refractivity contribution in [2.45, 2.75) is 19.1 Å². The van der Waals surface area contributed by atoms with Crippen LogP contribution < -0.4 is 5.32 Å². The minimum atomic E-state index is -1.33. The fourth-order valence-corrected chi connectivity index (χ4v) is 1.34. The number of carboxylic acid groups (broad SMARTS) is 1. The second-order valence-electron chi connectivity index (χ2n) is 3.37. The van der Waals surface area contributed by atoms with E-state index in [0.29, 0.717) is 5.56 Å². The Balaban J connectivity index is 2.87. The number of benzene rings is 1. The van der Waals surface area contributed by atoms with E-state index in [1.165, 1.54) is 6.92 Å². The number of carboxylic acids is 1. The summed E-state index contributed by atoms with van der Waals surface area (Å²) in [5.41, 5.74) is 0.448. The second-order valence-corrected chi connectivity index (χ2v) is 3.37. The van der Waals surface area contributed by atoms with Gasteiger partial charge in [-0.15, -0.1) is 0 Å². The largest absolute Gasteiger partial charge is 0.480 e. The molecule has 2 atom stereocenters. The minimum absolute atomic E-state index is 0.448. The summed E-state index contributed by atoms with van der Waals surface area (Å²) in [4.78, 5) is 21.7. The maximum atomic E-state index is 10.9. The average molecular weight is 223 g/mol. The van der Waals surface area contributed by atoms with Crippen molar-refractivity contribution in [3.05, 3.63) is 35.9 Å². The Hall–Kier alpha value is -1.88. The highest BCUT2D eigenvalue weighted by atomic mass is 16.4. The van der Waals surface area contributed by atoms with E-state index in [1.54, 1.807) is 30.3 Å². The normalized spacial score (nSPS) is 13.9. The molecule has 3 N–H and O–H groups in total. The number of hydrogen-bond acceptors (Lipinski definition) is 3. The van der Waals surface area contributed by atoms with Crippen LogP contribution in [0.3, 0.4) is 0 Å². The predicted molar refractivity (Wildman–Crippen MR) is 56.6 cm³/mol. The van der Waals surface area contributed by atoms with E-state index in [-0.39, 0.29) is 0 Å². The zero-order chi connectivity index (χ0) is 12.1. The molecule has 0 saturated heterocycles. The Morgan fingerprint density at radius 1 is 1.25 bits per heavy atom. The fraction of sp³-hybridized carbons (Fsp3) is 0.273. The van der Waals surface area contributed by atoms with Crippen LogP contribution in [0.1, 0.15) is 18.6 Å². The zero-order valence-electron chi connectivity index (χ0n) is 8.75. The van der Waals surface area contributed by atoms with Gasteiger partial charge in [0, 0.05) is 6.92 Å². The number of amides is 1. The van der Waals surface area contributed by atoms with E-state index in [1.807, 2.05) is 0 Å². The molecule has 16 heavy (non-hydrogen) atoms. The number of aliphatic hydroxyl groups excluding tert-OH is 1. The Morgan fingerprint density at radius 3 is 2.25 bits per heavy atom. The molecule has 1 aromatic rings. The summed E-state index contributed by atoms with van der Waals surface area (Å²) >= 11 is 0. The van der Waals surface area contributed by atoms with Crippen molar-refractivity contribution < 1.29 is 19.8 Å². The first-order valence-electron chi connectivity index (χ1n) is 4.75. The fourth-order valence-electron chi connectivity index (χ4n) is 1.34. The SMILES string of the molecule is CC(=O)NC(C(=O)O)C(O)c1ccccc1. The lowest BCUT2D eigenvalue weighted by atomic mass is 10.0. The van der Waals surface area contributed by atoms with Gasteiger partial charge in [0.15, 0.2) is 6.04 Å². The van der Waals surface area contributed by atoms with Crippen LogP contribution in [0.25, 0.3) is 0 Å². The van der Waals surface area contributed by atoms with E-state index in [4.69, 9.17) is 5.11 Å². The van der Waals surface area contributed by atoms with Crippen LogP contribution in [0, 0.1) is 0 Å². The smallest absolute Gasteiger partial charge is 0.329 e. The van der Waals surface area contributed by atoms with E-state index < -0.39 is 24.0 Å². The summed E-state index contributed by atoms with van der Waals surface area (Å²) in [7, 11) is 0. The summed E-state index contributed by atoms with van der Waals surface area (Å²) < 4.78 is 0. The summed E-state index contributed by atoms with van der Waals surface area (Å²) in [5, 5.41) is 20.9. The number of carbonyl (C=O) groups is 2. The molecule has 86 valence electrons. The number of nitrogens with one attached hydrogen (secondary N) is 1. The molecule has 0 aromatic heterocycles. The van der Waals surface area contributed by atoms with Crippen LogP contribution in [0.4, 0.5) is 0 Å². The van der Waals surface area contributed by atoms with Crippen molar-refractivity contribution in [1.29, 1.82) is 0 Å². The third kappa shape index (κ3) is 3.06. The van der Waals surface area contributed by atoms with E-state index in [0.717, 1.165) is 0 Å². The Kier molecular flexibility index (Phi) is 4.02. The van der Waals surface area contributed by atoms with Crippen LogP contribution in [-0.4, -0.2) is 28.1 Å². The molecule has 0 aliphatic rings. The molecule has 1 rings (SSSR count). The third-order valence-electron chi connectivity index (χ3n) is 2.08. The quantitative estimate of drug-likeness (QED) is 0.685. The van der Waals surface area contributed by atoms with Gasteiger partial charge in [-0.1, -0.05) is 30.3 Å². The monoisotopic (exact) mass is 223 g/mol. The summed E-state index contributed by atoms with van der Waals surface area (Å²) in [5.74, 6) is -1.77. The molecule has 0 aliphatic heterocycles. The lowest BCUT2D eigenvalue weighted by molar-refractivity contribution is -0.145. The molecule has 0 spiro atoms. The molecule has 0 radical (unpaired) electrons.